The molecule has 5 fully saturated rings. The highest BCUT2D eigenvalue weighted by Crippen LogP contribution is 2.66. The fourth-order valence-electron chi connectivity index (χ4n) is 7.68. The second-order valence-corrected chi connectivity index (χ2v) is 11.4. The monoisotopic (exact) mass is 430 g/mol. The van der Waals surface area contributed by atoms with Crippen LogP contribution >= 0.6 is 11.6 Å². The molecule has 1 aliphatic heterocycles. The molecule has 1 saturated heterocycles. The van der Waals surface area contributed by atoms with Crippen molar-refractivity contribution in [3.63, 3.8) is 0 Å². The number of esters is 1. The van der Waals surface area contributed by atoms with Gasteiger partial charge in [0.05, 0.1) is 6.42 Å². The minimum absolute atomic E-state index is 0.0399. The standard InChI is InChI=1S/C25H35ClN2O2/c1-24-13-19-11-20(14-24)16-25(15-19,18-24)17-23(29)30-10-9-27-5-7-28(8-6-27)22-4-2-3-21(26)12-22/h2-4,12,19-20H,5-11,13-18H2,1H3/t19-,20+,24?,25?. The van der Waals surface area contributed by atoms with Crippen molar-refractivity contribution >= 4 is 23.3 Å². The Hall–Kier alpha value is -1.26. The number of halogens is 1. The zero-order valence-electron chi connectivity index (χ0n) is 18.2. The van der Waals surface area contributed by atoms with E-state index in [0.717, 1.165) is 49.6 Å². The third-order valence-electron chi connectivity index (χ3n) is 8.21. The van der Waals surface area contributed by atoms with Crippen molar-refractivity contribution < 1.29 is 9.53 Å². The molecule has 1 aromatic carbocycles. The Balaban J connectivity index is 1.05. The largest absolute Gasteiger partial charge is 0.464 e. The van der Waals surface area contributed by atoms with Gasteiger partial charge in [0.15, 0.2) is 0 Å². The van der Waals surface area contributed by atoms with Gasteiger partial charge in [0.1, 0.15) is 6.61 Å². The summed E-state index contributed by atoms with van der Waals surface area (Å²) in [5, 5.41) is 0.787. The van der Waals surface area contributed by atoms with E-state index in [0.29, 0.717) is 18.4 Å². The van der Waals surface area contributed by atoms with Crippen molar-refractivity contribution in [1.82, 2.24) is 4.90 Å². The van der Waals surface area contributed by atoms with Gasteiger partial charge in [0.2, 0.25) is 0 Å². The molecule has 4 nitrogen and oxygen atoms in total. The quantitative estimate of drug-likeness (QED) is 0.594. The summed E-state index contributed by atoms with van der Waals surface area (Å²) in [4.78, 5) is 17.5. The molecule has 2 unspecified atom stereocenters. The number of rotatable bonds is 6. The molecule has 164 valence electrons. The molecular weight excluding hydrogens is 396 g/mol. The van der Waals surface area contributed by atoms with Gasteiger partial charge >= 0.3 is 5.97 Å². The first-order valence-electron chi connectivity index (χ1n) is 11.8. The summed E-state index contributed by atoms with van der Waals surface area (Å²) in [6.07, 6.45) is 8.61. The lowest BCUT2D eigenvalue weighted by Crippen LogP contribution is -2.51. The summed E-state index contributed by atoms with van der Waals surface area (Å²) in [5.41, 5.74) is 1.93. The molecule has 0 amide bonds. The summed E-state index contributed by atoms with van der Waals surface area (Å²) in [5.74, 6) is 1.76. The van der Waals surface area contributed by atoms with E-state index >= 15 is 0 Å². The normalized spacial score (nSPS) is 35.6. The molecule has 1 aromatic rings. The Morgan fingerprint density at radius 3 is 2.53 bits per heavy atom. The predicted molar refractivity (Wildman–Crippen MR) is 121 cm³/mol. The zero-order valence-corrected chi connectivity index (χ0v) is 19.0. The molecule has 1 heterocycles. The molecule has 30 heavy (non-hydrogen) atoms. The van der Waals surface area contributed by atoms with E-state index in [9.17, 15) is 4.79 Å². The molecule has 5 aliphatic rings. The molecule has 6 rings (SSSR count). The topological polar surface area (TPSA) is 32.8 Å². The van der Waals surface area contributed by atoms with Gasteiger partial charge in [-0.05, 0) is 79.4 Å². The SMILES string of the molecule is CC12C[C@H]3C[C@@H](C1)CC(CC(=O)OCCN1CCN(c4cccc(Cl)c4)CC1)(C3)C2. The lowest BCUT2D eigenvalue weighted by molar-refractivity contribution is -0.157. The first-order chi connectivity index (χ1) is 14.4. The van der Waals surface area contributed by atoms with Crippen LogP contribution in [-0.4, -0.2) is 50.2 Å². The molecule has 0 N–H and O–H groups in total. The maximum absolute atomic E-state index is 12.7. The molecule has 4 aliphatic carbocycles. The average molecular weight is 431 g/mol. The van der Waals surface area contributed by atoms with Crippen molar-refractivity contribution in [3.8, 4) is 0 Å². The van der Waals surface area contributed by atoms with Crippen LogP contribution in [0.5, 0.6) is 0 Å². The molecule has 4 atom stereocenters. The first-order valence-corrected chi connectivity index (χ1v) is 12.2. The highest BCUT2D eigenvalue weighted by Gasteiger charge is 2.56. The highest BCUT2D eigenvalue weighted by atomic mass is 35.5. The van der Waals surface area contributed by atoms with Crippen molar-refractivity contribution in [2.45, 2.75) is 51.9 Å². The zero-order chi connectivity index (χ0) is 20.8. The fourth-order valence-corrected chi connectivity index (χ4v) is 7.87. The van der Waals surface area contributed by atoms with Crippen LogP contribution in [0.2, 0.25) is 5.02 Å². The molecule has 4 saturated carbocycles. The van der Waals surface area contributed by atoms with E-state index < -0.39 is 0 Å². The minimum atomic E-state index is 0.0399. The maximum atomic E-state index is 12.7. The molecule has 4 bridgehead atoms. The van der Waals surface area contributed by atoms with Crippen LogP contribution in [0.3, 0.4) is 0 Å². The summed E-state index contributed by atoms with van der Waals surface area (Å²) >= 11 is 6.13. The number of piperazine rings is 1. The van der Waals surface area contributed by atoms with Crippen LogP contribution in [0.15, 0.2) is 24.3 Å². The molecule has 0 spiro atoms. The Morgan fingerprint density at radius 2 is 1.87 bits per heavy atom. The van der Waals surface area contributed by atoms with E-state index in [-0.39, 0.29) is 11.4 Å². The Labute approximate surface area is 185 Å². The third kappa shape index (κ3) is 4.36. The molecule has 0 radical (unpaired) electrons. The fraction of sp³-hybridized carbons (Fsp3) is 0.720. The van der Waals surface area contributed by atoms with Gasteiger partial charge in [-0.3, -0.25) is 9.69 Å². The lowest BCUT2D eigenvalue weighted by Gasteiger charge is -2.61. The van der Waals surface area contributed by atoms with Crippen LogP contribution in [0.25, 0.3) is 0 Å². The van der Waals surface area contributed by atoms with Crippen molar-refractivity contribution in [2.24, 2.45) is 22.7 Å². The van der Waals surface area contributed by atoms with Gasteiger partial charge in [-0.15, -0.1) is 0 Å². The van der Waals surface area contributed by atoms with E-state index in [1.54, 1.807) is 0 Å². The van der Waals surface area contributed by atoms with E-state index in [4.69, 9.17) is 16.3 Å². The van der Waals surface area contributed by atoms with Crippen LogP contribution < -0.4 is 4.90 Å². The van der Waals surface area contributed by atoms with Gasteiger partial charge in [0.25, 0.3) is 0 Å². The number of nitrogens with zero attached hydrogens (tertiary/aromatic N) is 2. The van der Waals surface area contributed by atoms with E-state index in [1.165, 1.54) is 44.2 Å². The summed E-state index contributed by atoms with van der Waals surface area (Å²) in [6, 6.07) is 8.07. The summed E-state index contributed by atoms with van der Waals surface area (Å²) in [7, 11) is 0. The first kappa shape index (κ1) is 20.6. The number of carbonyl (C=O) groups excluding carboxylic acids is 1. The lowest BCUT2D eigenvalue weighted by atomic mass is 9.44. The molecular formula is C25H35ClN2O2. The highest BCUT2D eigenvalue weighted by molar-refractivity contribution is 6.30. The Morgan fingerprint density at radius 1 is 1.13 bits per heavy atom. The smallest absolute Gasteiger partial charge is 0.306 e. The van der Waals surface area contributed by atoms with Gasteiger partial charge < -0.3 is 9.64 Å². The minimum Gasteiger partial charge on any atom is -0.464 e. The van der Waals surface area contributed by atoms with Crippen molar-refractivity contribution in [2.75, 3.05) is 44.2 Å². The van der Waals surface area contributed by atoms with Gasteiger partial charge in [-0.1, -0.05) is 24.6 Å². The number of hydrogen-bond donors (Lipinski definition) is 0. The number of benzene rings is 1. The maximum Gasteiger partial charge on any atom is 0.306 e. The average Bonchev–Trinajstić information content (AvgIpc) is 2.66. The third-order valence-corrected chi connectivity index (χ3v) is 8.45. The van der Waals surface area contributed by atoms with Crippen LogP contribution in [0.1, 0.15) is 51.9 Å². The second-order valence-electron chi connectivity index (χ2n) is 11.0. The van der Waals surface area contributed by atoms with Crippen LogP contribution in [-0.2, 0) is 9.53 Å². The summed E-state index contributed by atoms with van der Waals surface area (Å²) in [6.45, 7) is 7.79. The van der Waals surface area contributed by atoms with Crippen LogP contribution in [0.4, 0.5) is 5.69 Å². The Bertz CT molecular complexity index is 775. The van der Waals surface area contributed by atoms with Crippen LogP contribution in [0, 0.1) is 22.7 Å². The van der Waals surface area contributed by atoms with Crippen molar-refractivity contribution in [1.29, 1.82) is 0 Å². The van der Waals surface area contributed by atoms with E-state index in [1.807, 2.05) is 18.2 Å². The van der Waals surface area contributed by atoms with E-state index in [2.05, 4.69) is 22.8 Å². The molecule has 5 heteroatoms. The number of ether oxygens (including phenoxy) is 1. The van der Waals surface area contributed by atoms with Gasteiger partial charge in [-0.25, -0.2) is 0 Å². The molecule has 0 aromatic heterocycles. The number of anilines is 1. The Kier molecular flexibility index (Phi) is 5.51. The van der Waals surface area contributed by atoms with Gasteiger partial charge in [0, 0.05) is 43.4 Å². The number of hydrogen-bond acceptors (Lipinski definition) is 4. The number of carbonyl (C=O) groups is 1. The predicted octanol–water partition coefficient (Wildman–Crippen LogP) is 5.00. The second kappa shape index (κ2) is 8.02. The van der Waals surface area contributed by atoms with Gasteiger partial charge in [-0.2, -0.15) is 0 Å². The summed E-state index contributed by atoms with van der Waals surface area (Å²) < 4.78 is 5.73. The van der Waals surface area contributed by atoms with Crippen molar-refractivity contribution in [3.05, 3.63) is 29.3 Å².